The van der Waals surface area contributed by atoms with Crippen molar-refractivity contribution in [1.82, 2.24) is 0 Å². The highest BCUT2D eigenvalue weighted by atomic mass is 16.3. The van der Waals surface area contributed by atoms with Crippen LogP contribution in [0.5, 0.6) is 0 Å². The molecule has 0 aromatic heterocycles. The molecule has 0 aliphatic heterocycles. The van der Waals surface area contributed by atoms with Gasteiger partial charge in [0.1, 0.15) is 6.10 Å². The molecule has 4 heteroatoms. The summed E-state index contributed by atoms with van der Waals surface area (Å²) in [4.78, 5) is 22.7. The number of aliphatic hydroxyl groups excluding tert-OH is 2. The Hall–Kier alpha value is -2.04. The Kier molecular flexibility index (Phi) is 19.2. The van der Waals surface area contributed by atoms with Crippen LogP contribution in [0.3, 0.4) is 0 Å². The Morgan fingerprint density at radius 3 is 1.76 bits per heavy atom. The zero-order chi connectivity index (χ0) is 21.6. The van der Waals surface area contributed by atoms with Crippen molar-refractivity contribution >= 4 is 11.6 Å². The molecule has 0 radical (unpaired) electrons. The van der Waals surface area contributed by atoms with E-state index >= 15 is 0 Å². The molecule has 0 saturated carbocycles. The number of carbonyl (C=O) groups is 2. The fourth-order valence-corrected chi connectivity index (χ4v) is 2.56. The van der Waals surface area contributed by atoms with Crippen LogP contribution < -0.4 is 0 Å². The van der Waals surface area contributed by atoms with Crippen LogP contribution in [0.15, 0.2) is 60.8 Å². The molecule has 162 valence electrons. The number of carbonyl (C=O) groups excluding carboxylic acids is 2. The molecule has 1 atom stereocenters. The smallest absolute Gasteiger partial charge is 0.229 e. The van der Waals surface area contributed by atoms with E-state index in [-0.39, 0.29) is 6.42 Å². The second-order valence-corrected chi connectivity index (χ2v) is 6.95. The maximum atomic E-state index is 11.4. The van der Waals surface area contributed by atoms with Crippen LogP contribution in [0.25, 0.3) is 0 Å². The molecule has 4 nitrogen and oxygen atoms in total. The van der Waals surface area contributed by atoms with Gasteiger partial charge in [-0.05, 0) is 19.3 Å². The van der Waals surface area contributed by atoms with Crippen molar-refractivity contribution in [2.24, 2.45) is 0 Å². The summed E-state index contributed by atoms with van der Waals surface area (Å²) in [5.74, 6) is -1.59. The highest BCUT2D eigenvalue weighted by molar-refractivity contribution is 6.38. The van der Waals surface area contributed by atoms with Gasteiger partial charge in [-0.15, -0.1) is 0 Å². The van der Waals surface area contributed by atoms with Gasteiger partial charge in [-0.1, -0.05) is 106 Å². The monoisotopic (exact) mass is 402 g/mol. The average molecular weight is 403 g/mol. The van der Waals surface area contributed by atoms with Gasteiger partial charge in [-0.25, -0.2) is 0 Å². The Balaban J connectivity index is 3.72. The first-order valence-electron chi connectivity index (χ1n) is 10.8. The molecular weight excluding hydrogens is 364 g/mol. The molecule has 0 aliphatic carbocycles. The van der Waals surface area contributed by atoms with Crippen LogP contribution >= 0.6 is 0 Å². The predicted octanol–water partition coefficient (Wildman–Crippen LogP) is 5.18. The SMILES string of the molecule is CCCCCCCCCC=CC=CC=CC=CC=CCCC(=O)C(=O)C(O)CO. The molecule has 0 rings (SSSR count). The summed E-state index contributed by atoms with van der Waals surface area (Å²) in [5.41, 5.74) is 0. The largest absolute Gasteiger partial charge is 0.393 e. The van der Waals surface area contributed by atoms with Gasteiger partial charge >= 0.3 is 0 Å². The van der Waals surface area contributed by atoms with E-state index in [0.29, 0.717) is 6.42 Å². The summed E-state index contributed by atoms with van der Waals surface area (Å²) < 4.78 is 0. The van der Waals surface area contributed by atoms with Gasteiger partial charge in [0.25, 0.3) is 0 Å². The Morgan fingerprint density at radius 2 is 1.21 bits per heavy atom. The Morgan fingerprint density at radius 1 is 0.724 bits per heavy atom. The van der Waals surface area contributed by atoms with Gasteiger partial charge in [-0.2, -0.15) is 0 Å². The lowest BCUT2D eigenvalue weighted by Crippen LogP contribution is -2.31. The average Bonchev–Trinajstić information content (AvgIpc) is 2.74. The quantitative estimate of drug-likeness (QED) is 0.188. The van der Waals surface area contributed by atoms with Crippen LogP contribution in [0.2, 0.25) is 0 Å². The molecule has 0 bridgehead atoms. The first kappa shape index (κ1) is 27.0. The fraction of sp³-hybridized carbons (Fsp3) is 0.520. The second-order valence-electron chi connectivity index (χ2n) is 6.95. The molecule has 0 heterocycles. The van der Waals surface area contributed by atoms with Crippen molar-refractivity contribution < 1.29 is 19.8 Å². The van der Waals surface area contributed by atoms with Gasteiger partial charge in [0.2, 0.25) is 11.6 Å². The van der Waals surface area contributed by atoms with E-state index in [9.17, 15) is 9.59 Å². The van der Waals surface area contributed by atoms with Gasteiger partial charge < -0.3 is 10.2 Å². The third-order valence-corrected chi connectivity index (χ3v) is 4.31. The van der Waals surface area contributed by atoms with E-state index < -0.39 is 24.3 Å². The molecule has 0 spiro atoms. The van der Waals surface area contributed by atoms with Crippen molar-refractivity contribution in [2.45, 2.75) is 77.2 Å². The molecule has 0 aromatic carbocycles. The number of hydrogen-bond donors (Lipinski definition) is 2. The molecule has 29 heavy (non-hydrogen) atoms. The minimum atomic E-state index is -1.60. The van der Waals surface area contributed by atoms with E-state index in [2.05, 4.69) is 19.1 Å². The van der Waals surface area contributed by atoms with Crippen LogP contribution in [-0.4, -0.2) is 34.5 Å². The topological polar surface area (TPSA) is 74.6 Å². The number of Topliss-reactive ketones (excluding diaryl/α,β-unsaturated/α-hetero) is 2. The number of rotatable bonds is 18. The maximum Gasteiger partial charge on any atom is 0.229 e. The second kappa shape index (κ2) is 20.7. The zero-order valence-electron chi connectivity index (χ0n) is 17.8. The molecule has 2 N–H and O–H groups in total. The third-order valence-electron chi connectivity index (χ3n) is 4.31. The number of aliphatic hydroxyl groups is 2. The Bertz CT molecular complexity index is 567. The lowest BCUT2D eigenvalue weighted by molar-refractivity contribution is -0.142. The van der Waals surface area contributed by atoms with Crippen LogP contribution in [-0.2, 0) is 9.59 Å². The van der Waals surface area contributed by atoms with Crippen LogP contribution in [0, 0.1) is 0 Å². The third kappa shape index (κ3) is 17.8. The van der Waals surface area contributed by atoms with E-state index in [4.69, 9.17) is 10.2 Å². The van der Waals surface area contributed by atoms with Gasteiger partial charge in [-0.3, -0.25) is 9.59 Å². The van der Waals surface area contributed by atoms with Crippen molar-refractivity contribution in [1.29, 1.82) is 0 Å². The standard InChI is InChI=1S/C25H38O4/c1-2-3-4-5-6-7-8-9-10-11-12-13-14-15-16-17-18-19-20-21-23(27)25(29)24(28)22-26/h10-19,24,26,28H,2-9,20-22H2,1H3. The Labute approximate surface area is 176 Å². The molecular formula is C25H38O4. The van der Waals surface area contributed by atoms with Crippen molar-refractivity contribution in [2.75, 3.05) is 6.61 Å². The summed E-state index contributed by atoms with van der Waals surface area (Å²) in [6.45, 7) is 1.52. The molecule has 1 unspecified atom stereocenters. The summed E-state index contributed by atoms with van der Waals surface area (Å²) in [7, 11) is 0. The highest BCUT2D eigenvalue weighted by Gasteiger charge is 2.20. The minimum Gasteiger partial charge on any atom is -0.393 e. The summed E-state index contributed by atoms with van der Waals surface area (Å²) in [6, 6.07) is 0. The summed E-state index contributed by atoms with van der Waals surface area (Å²) in [5, 5.41) is 17.7. The molecule has 0 aliphatic rings. The maximum absolute atomic E-state index is 11.4. The van der Waals surface area contributed by atoms with E-state index in [1.807, 2.05) is 36.5 Å². The van der Waals surface area contributed by atoms with Crippen molar-refractivity contribution in [3.05, 3.63) is 60.8 Å². The lowest BCUT2D eigenvalue weighted by atomic mass is 10.1. The molecule has 0 saturated heterocycles. The first-order chi connectivity index (χ1) is 14.1. The number of allylic oxidation sites excluding steroid dienone is 10. The van der Waals surface area contributed by atoms with Gasteiger partial charge in [0.15, 0.2) is 0 Å². The number of ketones is 2. The summed E-state index contributed by atoms with van der Waals surface area (Å²) in [6.07, 6.45) is 28.8. The van der Waals surface area contributed by atoms with Crippen molar-refractivity contribution in [3.63, 3.8) is 0 Å². The predicted molar refractivity (Wildman–Crippen MR) is 121 cm³/mol. The van der Waals surface area contributed by atoms with Crippen LogP contribution in [0.1, 0.15) is 71.1 Å². The first-order valence-corrected chi connectivity index (χ1v) is 10.8. The fourth-order valence-electron chi connectivity index (χ4n) is 2.56. The minimum absolute atomic E-state index is 0.0317. The van der Waals surface area contributed by atoms with Crippen LogP contribution in [0.4, 0.5) is 0 Å². The van der Waals surface area contributed by atoms with Gasteiger partial charge in [0, 0.05) is 6.42 Å². The highest BCUT2D eigenvalue weighted by Crippen LogP contribution is 2.08. The molecule has 0 aromatic rings. The van der Waals surface area contributed by atoms with E-state index in [0.717, 1.165) is 6.42 Å². The molecule has 0 fully saturated rings. The molecule has 0 amide bonds. The van der Waals surface area contributed by atoms with Gasteiger partial charge in [0.05, 0.1) is 6.61 Å². The lowest BCUT2D eigenvalue weighted by Gasteiger charge is -2.03. The van der Waals surface area contributed by atoms with E-state index in [1.54, 1.807) is 12.2 Å². The normalized spacial score (nSPS) is 13.6. The number of hydrogen-bond acceptors (Lipinski definition) is 4. The summed E-state index contributed by atoms with van der Waals surface area (Å²) >= 11 is 0. The van der Waals surface area contributed by atoms with Crippen molar-refractivity contribution in [3.8, 4) is 0 Å². The number of unbranched alkanes of at least 4 members (excludes halogenated alkanes) is 7. The van der Waals surface area contributed by atoms with E-state index in [1.165, 1.54) is 44.9 Å². The zero-order valence-corrected chi connectivity index (χ0v) is 17.8.